The molecule has 0 aliphatic carbocycles. The summed E-state index contributed by atoms with van der Waals surface area (Å²) in [6, 6.07) is 11.7. The highest BCUT2D eigenvalue weighted by Gasteiger charge is 2.18. The van der Waals surface area contributed by atoms with Gasteiger partial charge in [0.25, 0.3) is 0 Å². The molecule has 2 aromatic carbocycles. The van der Waals surface area contributed by atoms with Crippen molar-refractivity contribution in [3.63, 3.8) is 0 Å². The maximum absolute atomic E-state index is 13.1. The van der Waals surface area contributed by atoms with E-state index < -0.39 is 34.1 Å². The molecule has 2 rings (SSSR count). The largest absolute Gasteiger partial charge is 0.325 e. The van der Waals surface area contributed by atoms with E-state index in [1.165, 1.54) is 19.2 Å². The molecule has 0 bridgehead atoms. The van der Waals surface area contributed by atoms with Gasteiger partial charge in [-0.2, -0.15) is 4.31 Å². The Hall–Kier alpha value is -2.58. The van der Waals surface area contributed by atoms with Gasteiger partial charge >= 0.3 is 0 Å². The van der Waals surface area contributed by atoms with Crippen LogP contribution in [0.25, 0.3) is 6.08 Å². The van der Waals surface area contributed by atoms with E-state index in [0.29, 0.717) is 5.56 Å². The monoisotopic (exact) mass is 366 g/mol. The summed E-state index contributed by atoms with van der Waals surface area (Å²) in [7, 11) is -2.56. The van der Waals surface area contributed by atoms with Crippen molar-refractivity contribution in [1.82, 2.24) is 4.31 Å². The van der Waals surface area contributed by atoms with Gasteiger partial charge in [-0.15, -0.1) is 0 Å². The number of carbonyl (C=O) groups is 1. The van der Waals surface area contributed by atoms with Gasteiger partial charge < -0.3 is 5.32 Å². The predicted octanol–water partition coefficient (Wildman–Crippen LogP) is 2.84. The SMILES string of the molecule is CN(CC(=O)Nc1ccc(F)c(F)c1)S(=O)(=O)/C=C/c1ccccc1. The normalized spacial score (nSPS) is 11.8. The second-order valence-corrected chi connectivity index (χ2v) is 7.12. The average Bonchev–Trinajstić information content (AvgIpc) is 2.57. The fraction of sp³-hybridized carbons (Fsp3) is 0.118. The van der Waals surface area contributed by atoms with Crippen LogP contribution >= 0.6 is 0 Å². The summed E-state index contributed by atoms with van der Waals surface area (Å²) < 4.78 is 51.1. The van der Waals surface area contributed by atoms with Gasteiger partial charge in [0.05, 0.1) is 6.54 Å². The molecule has 0 unspecified atom stereocenters. The van der Waals surface area contributed by atoms with Crippen molar-refractivity contribution in [2.24, 2.45) is 0 Å². The van der Waals surface area contributed by atoms with Crippen LogP contribution in [0.4, 0.5) is 14.5 Å². The second-order valence-electron chi connectivity index (χ2n) is 5.19. The van der Waals surface area contributed by atoms with Crippen LogP contribution in [-0.2, 0) is 14.8 Å². The van der Waals surface area contributed by atoms with E-state index in [9.17, 15) is 22.0 Å². The summed E-state index contributed by atoms with van der Waals surface area (Å²) in [5.41, 5.74) is 0.736. The third kappa shape index (κ3) is 5.47. The van der Waals surface area contributed by atoms with Crippen molar-refractivity contribution in [3.8, 4) is 0 Å². The van der Waals surface area contributed by atoms with Gasteiger partial charge in [0.15, 0.2) is 11.6 Å². The molecule has 8 heteroatoms. The molecule has 0 fully saturated rings. The van der Waals surface area contributed by atoms with Crippen LogP contribution in [0, 0.1) is 11.6 Å². The lowest BCUT2D eigenvalue weighted by atomic mass is 10.2. The lowest BCUT2D eigenvalue weighted by Crippen LogP contribution is -2.33. The van der Waals surface area contributed by atoms with E-state index in [-0.39, 0.29) is 5.69 Å². The Morgan fingerprint density at radius 3 is 2.44 bits per heavy atom. The molecule has 0 aromatic heterocycles. The van der Waals surface area contributed by atoms with Crippen LogP contribution in [0.3, 0.4) is 0 Å². The number of anilines is 1. The standard InChI is InChI=1S/C17H16F2N2O3S/c1-21(25(23,24)10-9-13-5-3-2-4-6-13)12-17(22)20-14-7-8-15(18)16(19)11-14/h2-11H,12H2,1H3,(H,20,22)/b10-9+. The Bertz CT molecular complexity index is 884. The summed E-state index contributed by atoms with van der Waals surface area (Å²) >= 11 is 0. The Morgan fingerprint density at radius 2 is 1.80 bits per heavy atom. The van der Waals surface area contributed by atoms with E-state index in [0.717, 1.165) is 21.8 Å². The second kappa shape index (κ2) is 8.00. The number of rotatable bonds is 6. The quantitative estimate of drug-likeness (QED) is 0.855. The number of nitrogens with zero attached hydrogens (tertiary/aromatic N) is 1. The molecule has 25 heavy (non-hydrogen) atoms. The van der Waals surface area contributed by atoms with Crippen molar-refractivity contribution in [2.45, 2.75) is 0 Å². The van der Waals surface area contributed by atoms with Crippen molar-refractivity contribution >= 4 is 27.7 Å². The van der Waals surface area contributed by atoms with Gasteiger partial charge in [-0.05, 0) is 23.8 Å². The first kappa shape index (κ1) is 18.8. The van der Waals surface area contributed by atoms with Crippen LogP contribution in [0.5, 0.6) is 0 Å². The van der Waals surface area contributed by atoms with Gasteiger partial charge in [0.2, 0.25) is 15.9 Å². The number of halogens is 2. The minimum absolute atomic E-state index is 0.0366. The molecule has 0 heterocycles. The lowest BCUT2D eigenvalue weighted by Gasteiger charge is -2.14. The van der Waals surface area contributed by atoms with Crippen LogP contribution in [0.1, 0.15) is 5.56 Å². The Labute approximate surface area is 144 Å². The van der Waals surface area contributed by atoms with Gasteiger partial charge in [0, 0.05) is 24.2 Å². The maximum atomic E-state index is 13.1. The highest BCUT2D eigenvalue weighted by molar-refractivity contribution is 7.92. The van der Waals surface area contributed by atoms with Gasteiger partial charge in [-0.25, -0.2) is 17.2 Å². The molecular weight excluding hydrogens is 350 g/mol. The van der Waals surface area contributed by atoms with Crippen LogP contribution in [0.2, 0.25) is 0 Å². The average molecular weight is 366 g/mol. The highest BCUT2D eigenvalue weighted by Crippen LogP contribution is 2.13. The van der Waals surface area contributed by atoms with Crippen LogP contribution in [-0.4, -0.2) is 32.2 Å². The zero-order valence-electron chi connectivity index (χ0n) is 13.3. The maximum Gasteiger partial charge on any atom is 0.239 e. The Kier molecular flexibility index (Phi) is 6.00. The van der Waals surface area contributed by atoms with E-state index in [2.05, 4.69) is 5.32 Å². The van der Waals surface area contributed by atoms with Gasteiger partial charge in [-0.3, -0.25) is 4.79 Å². The summed E-state index contributed by atoms with van der Waals surface area (Å²) in [6.07, 6.45) is 1.42. The topological polar surface area (TPSA) is 66.5 Å². The molecule has 0 aliphatic rings. The van der Waals surface area contributed by atoms with Crippen LogP contribution in [0.15, 0.2) is 53.9 Å². The third-order valence-corrected chi connectivity index (χ3v) is 4.71. The Balaban J connectivity index is 1.99. The fourth-order valence-electron chi connectivity index (χ4n) is 1.90. The number of hydrogen-bond acceptors (Lipinski definition) is 3. The predicted molar refractivity (Wildman–Crippen MR) is 92.0 cm³/mol. The summed E-state index contributed by atoms with van der Waals surface area (Å²) in [4.78, 5) is 11.9. The van der Waals surface area contributed by atoms with Crippen molar-refractivity contribution < 1.29 is 22.0 Å². The number of benzene rings is 2. The number of carbonyl (C=O) groups excluding carboxylic acids is 1. The highest BCUT2D eigenvalue weighted by atomic mass is 32.2. The zero-order chi connectivity index (χ0) is 18.4. The molecule has 0 saturated carbocycles. The molecule has 5 nitrogen and oxygen atoms in total. The van der Waals surface area contributed by atoms with Crippen molar-refractivity contribution in [2.75, 3.05) is 18.9 Å². The molecule has 1 N–H and O–H groups in total. The molecule has 0 radical (unpaired) electrons. The molecule has 0 atom stereocenters. The first-order chi connectivity index (χ1) is 11.8. The van der Waals surface area contributed by atoms with E-state index in [1.807, 2.05) is 0 Å². The molecule has 132 valence electrons. The molecular formula is C17H16F2N2O3S. The third-order valence-electron chi connectivity index (χ3n) is 3.24. The summed E-state index contributed by atoms with van der Waals surface area (Å²) in [5, 5.41) is 3.30. The Morgan fingerprint density at radius 1 is 1.12 bits per heavy atom. The number of likely N-dealkylation sites (N-methyl/N-ethyl adjacent to an activating group) is 1. The molecule has 0 saturated heterocycles. The van der Waals surface area contributed by atoms with Gasteiger partial charge in [-0.1, -0.05) is 30.3 Å². The van der Waals surface area contributed by atoms with E-state index in [4.69, 9.17) is 0 Å². The van der Waals surface area contributed by atoms with E-state index >= 15 is 0 Å². The molecule has 0 aliphatic heterocycles. The van der Waals surface area contributed by atoms with Crippen molar-refractivity contribution in [1.29, 1.82) is 0 Å². The summed E-state index contributed by atoms with van der Waals surface area (Å²) in [5.74, 6) is -2.82. The molecule has 2 aromatic rings. The lowest BCUT2D eigenvalue weighted by molar-refractivity contribution is -0.116. The number of sulfonamides is 1. The van der Waals surface area contributed by atoms with Crippen molar-refractivity contribution in [3.05, 3.63) is 71.1 Å². The number of amides is 1. The minimum Gasteiger partial charge on any atom is -0.325 e. The molecule has 1 amide bonds. The summed E-state index contributed by atoms with van der Waals surface area (Å²) in [6.45, 7) is -0.472. The van der Waals surface area contributed by atoms with E-state index in [1.54, 1.807) is 30.3 Å². The fourth-order valence-corrected chi connectivity index (χ4v) is 2.73. The zero-order valence-corrected chi connectivity index (χ0v) is 14.1. The number of hydrogen-bond donors (Lipinski definition) is 1. The first-order valence-corrected chi connectivity index (χ1v) is 8.72. The number of nitrogens with one attached hydrogen (secondary N) is 1. The first-order valence-electron chi connectivity index (χ1n) is 7.22. The smallest absolute Gasteiger partial charge is 0.239 e. The van der Waals surface area contributed by atoms with Gasteiger partial charge in [0.1, 0.15) is 0 Å². The minimum atomic E-state index is -3.80. The molecule has 0 spiro atoms. The van der Waals surface area contributed by atoms with Crippen LogP contribution < -0.4 is 5.32 Å².